The number of fused-ring (bicyclic) bond motifs is 1. The van der Waals surface area contributed by atoms with Crippen molar-refractivity contribution < 1.29 is 15.0 Å². The molecule has 0 radical (unpaired) electrons. The number of carbonyl (C=O) groups excluding carboxylic acids is 1. The highest BCUT2D eigenvalue weighted by atomic mass is 16.3. The van der Waals surface area contributed by atoms with Crippen molar-refractivity contribution in [1.29, 1.82) is 0 Å². The highest BCUT2D eigenvalue weighted by Gasteiger charge is 2.20. The molecule has 0 saturated heterocycles. The van der Waals surface area contributed by atoms with E-state index in [2.05, 4.69) is 10.3 Å². The first kappa shape index (κ1) is 13.5. The molecule has 0 aliphatic rings. The van der Waals surface area contributed by atoms with Crippen LogP contribution in [0.15, 0.2) is 36.7 Å². The van der Waals surface area contributed by atoms with Crippen LogP contribution in [-0.4, -0.2) is 33.8 Å². The molecule has 2 aromatic rings. The molecule has 5 nitrogen and oxygen atoms in total. The second-order valence-corrected chi connectivity index (χ2v) is 4.39. The van der Waals surface area contributed by atoms with Crippen LogP contribution in [0.4, 0.5) is 0 Å². The minimum Gasteiger partial charge on any atom is -0.388 e. The van der Waals surface area contributed by atoms with Gasteiger partial charge in [-0.05, 0) is 17.0 Å². The number of aliphatic hydroxyl groups is 2. The fraction of sp³-hybridized carbons (Fsp3) is 0.286. The van der Waals surface area contributed by atoms with Crippen LogP contribution in [0.5, 0.6) is 0 Å². The van der Waals surface area contributed by atoms with E-state index < -0.39 is 12.2 Å². The van der Waals surface area contributed by atoms with Crippen LogP contribution in [0.1, 0.15) is 18.6 Å². The van der Waals surface area contributed by atoms with Crippen LogP contribution in [-0.2, 0) is 4.79 Å². The Kier molecular flexibility index (Phi) is 4.09. The van der Waals surface area contributed by atoms with Gasteiger partial charge in [-0.2, -0.15) is 0 Å². The third-order valence-corrected chi connectivity index (χ3v) is 2.96. The van der Waals surface area contributed by atoms with E-state index in [0.717, 1.165) is 10.8 Å². The van der Waals surface area contributed by atoms with Crippen LogP contribution in [0, 0.1) is 0 Å². The van der Waals surface area contributed by atoms with Gasteiger partial charge in [0.05, 0.1) is 0 Å². The van der Waals surface area contributed by atoms with Crippen LogP contribution in [0.25, 0.3) is 10.8 Å². The molecule has 3 N–H and O–H groups in total. The van der Waals surface area contributed by atoms with Gasteiger partial charge in [-0.25, -0.2) is 0 Å². The molecule has 0 aliphatic carbocycles. The molecule has 1 aromatic heterocycles. The van der Waals surface area contributed by atoms with E-state index in [1.165, 1.54) is 6.92 Å². The van der Waals surface area contributed by atoms with Gasteiger partial charge in [-0.15, -0.1) is 0 Å². The Hall–Kier alpha value is -1.98. The normalized spacial score (nSPS) is 14.1. The van der Waals surface area contributed by atoms with E-state index in [1.54, 1.807) is 18.5 Å². The molecule has 19 heavy (non-hydrogen) atoms. The zero-order chi connectivity index (χ0) is 13.8. The summed E-state index contributed by atoms with van der Waals surface area (Å²) in [6, 6.07) is 7.30. The summed E-state index contributed by atoms with van der Waals surface area (Å²) in [5.41, 5.74) is 0.600. The lowest BCUT2D eigenvalue weighted by Crippen LogP contribution is -2.34. The number of aromatic nitrogens is 1. The lowest BCUT2D eigenvalue weighted by molar-refractivity contribution is -0.119. The Balaban J connectivity index is 2.25. The molecular formula is C14H16N2O3. The molecule has 0 saturated carbocycles. The van der Waals surface area contributed by atoms with Crippen molar-refractivity contribution >= 4 is 16.7 Å². The van der Waals surface area contributed by atoms with Crippen LogP contribution in [0.2, 0.25) is 0 Å². The lowest BCUT2D eigenvalue weighted by Gasteiger charge is -2.19. The van der Waals surface area contributed by atoms with Crippen molar-refractivity contribution in [2.24, 2.45) is 0 Å². The van der Waals surface area contributed by atoms with Crippen molar-refractivity contribution in [3.63, 3.8) is 0 Å². The van der Waals surface area contributed by atoms with Gasteiger partial charge < -0.3 is 15.5 Å². The number of hydrogen-bond acceptors (Lipinski definition) is 4. The Labute approximate surface area is 110 Å². The molecule has 5 heteroatoms. The first-order chi connectivity index (χ1) is 9.09. The molecule has 100 valence electrons. The molecule has 1 heterocycles. The van der Waals surface area contributed by atoms with Crippen molar-refractivity contribution in [1.82, 2.24) is 10.3 Å². The van der Waals surface area contributed by atoms with Crippen molar-refractivity contribution in [2.75, 3.05) is 6.54 Å². The van der Waals surface area contributed by atoms with E-state index in [0.29, 0.717) is 5.56 Å². The van der Waals surface area contributed by atoms with Crippen molar-refractivity contribution in [3.8, 4) is 0 Å². The number of carbonyl (C=O) groups is 1. The highest BCUT2D eigenvalue weighted by molar-refractivity contribution is 5.85. The van der Waals surface area contributed by atoms with E-state index in [1.807, 2.05) is 18.2 Å². The third kappa shape index (κ3) is 3.07. The second kappa shape index (κ2) is 5.77. The first-order valence-corrected chi connectivity index (χ1v) is 6.03. The lowest BCUT2D eigenvalue weighted by atomic mass is 9.98. The summed E-state index contributed by atoms with van der Waals surface area (Å²) < 4.78 is 0. The summed E-state index contributed by atoms with van der Waals surface area (Å²) in [7, 11) is 0. The number of rotatable bonds is 4. The van der Waals surface area contributed by atoms with Crippen LogP contribution >= 0.6 is 0 Å². The Morgan fingerprint density at radius 1 is 1.37 bits per heavy atom. The highest BCUT2D eigenvalue weighted by Crippen LogP contribution is 2.25. The quantitative estimate of drug-likeness (QED) is 0.758. The monoisotopic (exact) mass is 260 g/mol. The topological polar surface area (TPSA) is 82.5 Å². The predicted octanol–water partition coefficient (Wildman–Crippen LogP) is 0.765. The van der Waals surface area contributed by atoms with E-state index >= 15 is 0 Å². The zero-order valence-corrected chi connectivity index (χ0v) is 10.6. The molecule has 0 aliphatic heterocycles. The average molecular weight is 260 g/mol. The van der Waals surface area contributed by atoms with E-state index in [4.69, 9.17) is 0 Å². The average Bonchev–Trinajstić information content (AvgIpc) is 2.43. The zero-order valence-electron chi connectivity index (χ0n) is 10.6. The Morgan fingerprint density at radius 2 is 2.16 bits per heavy atom. The molecule has 1 amide bonds. The summed E-state index contributed by atoms with van der Waals surface area (Å²) >= 11 is 0. The van der Waals surface area contributed by atoms with Gasteiger partial charge in [0.2, 0.25) is 5.91 Å². The Bertz CT molecular complexity index is 580. The molecule has 0 spiro atoms. The van der Waals surface area contributed by atoms with E-state index in [-0.39, 0.29) is 12.5 Å². The minimum absolute atomic E-state index is 0.00709. The fourth-order valence-electron chi connectivity index (χ4n) is 1.96. The number of pyridine rings is 1. The van der Waals surface area contributed by atoms with Gasteiger partial charge >= 0.3 is 0 Å². The number of benzene rings is 1. The third-order valence-electron chi connectivity index (χ3n) is 2.96. The van der Waals surface area contributed by atoms with Gasteiger partial charge in [0.1, 0.15) is 12.2 Å². The molecule has 2 unspecified atom stereocenters. The largest absolute Gasteiger partial charge is 0.388 e. The molecule has 2 atom stereocenters. The summed E-state index contributed by atoms with van der Waals surface area (Å²) in [4.78, 5) is 14.8. The summed E-state index contributed by atoms with van der Waals surface area (Å²) in [5.74, 6) is -0.245. The van der Waals surface area contributed by atoms with Gasteiger partial charge in [-0.1, -0.05) is 18.2 Å². The predicted molar refractivity (Wildman–Crippen MR) is 71.4 cm³/mol. The smallest absolute Gasteiger partial charge is 0.216 e. The maximum atomic E-state index is 10.8. The van der Waals surface area contributed by atoms with Gasteiger partial charge in [-0.3, -0.25) is 9.78 Å². The van der Waals surface area contributed by atoms with Gasteiger partial charge in [0, 0.05) is 31.2 Å². The van der Waals surface area contributed by atoms with E-state index in [9.17, 15) is 15.0 Å². The number of nitrogens with one attached hydrogen (secondary N) is 1. The maximum Gasteiger partial charge on any atom is 0.216 e. The Morgan fingerprint density at radius 3 is 2.89 bits per heavy atom. The second-order valence-electron chi connectivity index (χ2n) is 4.39. The van der Waals surface area contributed by atoms with Crippen molar-refractivity contribution in [2.45, 2.75) is 19.1 Å². The SMILES string of the molecule is CC(=O)NCC(O)C(O)c1cccc2ccncc12. The number of aliphatic hydroxyl groups excluding tert-OH is 2. The maximum absolute atomic E-state index is 10.8. The molecule has 0 fully saturated rings. The summed E-state index contributed by atoms with van der Waals surface area (Å²) in [6.45, 7) is 1.37. The summed E-state index contributed by atoms with van der Waals surface area (Å²) in [6.07, 6.45) is 1.19. The standard InChI is InChI=1S/C14H16N2O3/c1-9(17)16-8-13(18)14(19)11-4-2-3-10-5-6-15-7-12(10)11/h2-7,13-14,18-19H,8H2,1H3,(H,16,17). The minimum atomic E-state index is -1.07. The van der Waals surface area contributed by atoms with Gasteiger partial charge in [0.25, 0.3) is 0 Å². The van der Waals surface area contributed by atoms with Gasteiger partial charge in [0.15, 0.2) is 0 Å². The molecule has 0 bridgehead atoms. The molecular weight excluding hydrogens is 244 g/mol. The van der Waals surface area contributed by atoms with Crippen LogP contribution < -0.4 is 5.32 Å². The first-order valence-electron chi connectivity index (χ1n) is 6.03. The number of amides is 1. The fourth-order valence-corrected chi connectivity index (χ4v) is 1.96. The molecule has 1 aromatic carbocycles. The number of nitrogens with zero attached hydrogens (tertiary/aromatic N) is 1. The summed E-state index contributed by atoms with van der Waals surface area (Å²) in [5, 5.41) is 24.3. The van der Waals surface area contributed by atoms with Crippen LogP contribution in [0.3, 0.4) is 0 Å². The number of hydrogen-bond donors (Lipinski definition) is 3. The van der Waals surface area contributed by atoms with Crippen molar-refractivity contribution in [3.05, 3.63) is 42.2 Å². The molecule has 2 rings (SSSR count).